The van der Waals surface area contributed by atoms with Crippen molar-refractivity contribution in [3.63, 3.8) is 0 Å². The standard InChI is InChI=1S/C20H21FN6O3S/c1-12-8-9-13(2)16(10-12)27-20(24-25-26-27)31-11-18(28)22-23-19(29)14(3)30-17-7-5-4-6-15(17)21/h4-10,14H,11H2,1-3H3,(H,22,28)(H,23,29). The summed E-state index contributed by atoms with van der Waals surface area (Å²) in [6.07, 6.45) is -1.01. The minimum atomic E-state index is -1.01. The lowest BCUT2D eigenvalue weighted by Crippen LogP contribution is -2.47. The first-order valence-corrected chi connectivity index (χ1v) is 10.3. The zero-order valence-electron chi connectivity index (χ0n) is 17.1. The Morgan fingerprint density at radius 2 is 1.97 bits per heavy atom. The molecule has 2 amide bonds. The number of hydrogen-bond acceptors (Lipinski definition) is 7. The second-order valence-electron chi connectivity index (χ2n) is 6.68. The molecular formula is C20H21FN6O3S. The van der Waals surface area contributed by atoms with Crippen molar-refractivity contribution in [1.82, 2.24) is 31.1 Å². The number of nitrogens with zero attached hydrogens (tertiary/aromatic N) is 4. The number of hydrazine groups is 1. The van der Waals surface area contributed by atoms with Crippen molar-refractivity contribution >= 4 is 23.6 Å². The van der Waals surface area contributed by atoms with E-state index in [1.807, 2.05) is 32.0 Å². The van der Waals surface area contributed by atoms with Crippen molar-refractivity contribution in [2.75, 3.05) is 5.75 Å². The van der Waals surface area contributed by atoms with Crippen molar-refractivity contribution in [2.24, 2.45) is 0 Å². The molecule has 2 aromatic carbocycles. The molecule has 0 radical (unpaired) electrons. The Balaban J connectivity index is 1.51. The minimum absolute atomic E-state index is 0.0337. The Hall–Kier alpha value is -3.47. The number of nitrogens with one attached hydrogen (secondary N) is 2. The molecule has 3 rings (SSSR count). The molecule has 0 fully saturated rings. The van der Waals surface area contributed by atoms with E-state index in [0.717, 1.165) is 28.6 Å². The molecule has 0 aliphatic rings. The zero-order valence-corrected chi connectivity index (χ0v) is 17.9. The fourth-order valence-corrected chi connectivity index (χ4v) is 3.23. The van der Waals surface area contributed by atoms with Crippen molar-refractivity contribution in [1.29, 1.82) is 0 Å². The predicted octanol–water partition coefficient (Wildman–Crippen LogP) is 2.13. The van der Waals surface area contributed by atoms with Crippen molar-refractivity contribution in [2.45, 2.75) is 32.0 Å². The molecule has 1 aromatic heterocycles. The number of para-hydroxylation sites is 1. The van der Waals surface area contributed by atoms with Crippen LogP contribution in [0.4, 0.5) is 4.39 Å². The Kier molecular flexibility index (Phi) is 7.19. The SMILES string of the molecule is Cc1ccc(C)c(-n2nnnc2SCC(=O)NNC(=O)C(C)Oc2ccccc2F)c1. The maximum Gasteiger partial charge on any atom is 0.279 e. The summed E-state index contributed by atoms with van der Waals surface area (Å²) in [5.74, 6) is -1.75. The van der Waals surface area contributed by atoms with Crippen LogP contribution in [0.3, 0.4) is 0 Å². The van der Waals surface area contributed by atoms with Crippen molar-refractivity contribution in [3.05, 3.63) is 59.4 Å². The second-order valence-corrected chi connectivity index (χ2v) is 7.62. The number of tetrazole rings is 1. The van der Waals surface area contributed by atoms with Gasteiger partial charge in [-0.3, -0.25) is 20.4 Å². The molecule has 11 heteroatoms. The number of carbonyl (C=O) groups is 2. The normalized spacial score (nSPS) is 11.6. The fraction of sp³-hybridized carbons (Fsp3) is 0.250. The average Bonchev–Trinajstić information content (AvgIpc) is 3.22. The van der Waals surface area contributed by atoms with Crippen molar-refractivity contribution in [3.8, 4) is 11.4 Å². The molecule has 1 unspecified atom stereocenters. The number of hydrogen-bond donors (Lipinski definition) is 2. The van der Waals surface area contributed by atoms with Gasteiger partial charge in [0.25, 0.3) is 5.91 Å². The summed E-state index contributed by atoms with van der Waals surface area (Å²) in [6, 6.07) is 11.7. The third-order valence-electron chi connectivity index (χ3n) is 4.20. The Morgan fingerprint density at radius 3 is 2.74 bits per heavy atom. The van der Waals surface area contributed by atoms with Gasteiger partial charge in [0.15, 0.2) is 17.7 Å². The number of aryl methyl sites for hydroxylation is 2. The van der Waals surface area contributed by atoms with Gasteiger partial charge < -0.3 is 4.74 Å². The fourth-order valence-electron chi connectivity index (χ4n) is 2.55. The quantitative estimate of drug-likeness (QED) is 0.424. The Bertz CT molecular complexity index is 1090. The van der Waals surface area contributed by atoms with Gasteiger partial charge in [-0.25, -0.2) is 4.39 Å². The van der Waals surface area contributed by atoms with Gasteiger partial charge in [-0.15, -0.1) is 5.10 Å². The molecule has 1 heterocycles. The lowest BCUT2D eigenvalue weighted by Gasteiger charge is -2.15. The first kappa shape index (κ1) is 22.2. The molecular weight excluding hydrogens is 423 g/mol. The van der Waals surface area contributed by atoms with Crippen LogP contribution in [0.1, 0.15) is 18.1 Å². The van der Waals surface area contributed by atoms with E-state index in [4.69, 9.17) is 4.74 Å². The second kappa shape index (κ2) is 10.0. The van der Waals surface area contributed by atoms with Crippen LogP contribution in [-0.2, 0) is 9.59 Å². The topological polar surface area (TPSA) is 111 Å². The highest BCUT2D eigenvalue weighted by Crippen LogP contribution is 2.21. The van der Waals surface area contributed by atoms with Crippen LogP contribution in [-0.4, -0.2) is 43.9 Å². The molecule has 31 heavy (non-hydrogen) atoms. The van der Waals surface area contributed by atoms with Gasteiger partial charge in [-0.2, -0.15) is 4.68 Å². The number of halogens is 1. The van der Waals surface area contributed by atoms with Gasteiger partial charge in [-0.05, 0) is 60.5 Å². The first-order valence-electron chi connectivity index (χ1n) is 9.34. The van der Waals surface area contributed by atoms with E-state index in [9.17, 15) is 14.0 Å². The maximum absolute atomic E-state index is 13.6. The monoisotopic (exact) mass is 444 g/mol. The number of benzene rings is 2. The maximum atomic E-state index is 13.6. The van der Waals surface area contributed by atoms with Crippen molar-refractivity contribution < 1.29 is 18.7 Å². The summed E-state index contributed by atoms with van der Waals surface area (Å²) in [5.41, 5.74) is 7.41. The number of aromatic nitrogens is 4. The molecule has 0 aliphatic carbocycles. The summed E-state index contributed by atoms with van der Waals surface area (Å²) in [5, 5.41) is 12.1. The summed E-state index contributed by atoms with van der Waals surface area (Å²) in [4.78, 5) is 24.2. The lowest BCUT2D eigenvalue weighted by molar-refractivity contribution is -0.132. The Labute approximate surface area is 182 Å². The van der Waals surface area contributed by atoms with Gasteiger partial charge in [0.1, 0.15) is 0 Å². The molecule has 3 aromatic rings. The van der Waals surface area contributed by atoms with E-state index < -0.39 is 23.7 Å². The van der Waals surface area contributed by atoms with E-state index in [2.05, 4.69) is 26.4 Å². The molecule has 0 aliphatic heterocycles. The lowest BCUT2D eigenvalue weighted by atomic mass is 10.1. The first-order chi connectivity index (χ1) is 14.8. The van der Waals surface area contributed by atoms with Gasteiger partial charge >= 0.3 is 0 Å². The van der Waals surface area contributed by atoms with E-state index in [1.165, 1.54) is 25.1 Å². The molecule has 0 bridgehead atoms. The predicted molar refractivity (Wildman–Crippen MR) is 112 cm³/mol. The molecule has 162 valence electrons. The summed E-state index contributed by atoms with van der Waals surface area (Å²) < 4.78 is 20.4. The summed E-state index contributed by atoms with van der Waals surface area (Å²) >= 11 is 1.12. The van der Waals surface area contributed by atoms with Gasteiger partial charge in [0.2, 0.25) is 11.1 Å². The number of ether oxygens (including phenoxy) is 1. The summed E-state index contributed by atoms with van der Waals surface area (Å²) in [7, 11) is 0. The largest absolute Gasteiger partial charge is 0.478 e. The van der Waals surface area contributed by atoms with Crippen LogP contribution < -0.4 is 15.6 Å². The Morgan fingerprint density at radius 1 is 1.19 bits per heavy atom. The average molecular weight is 444 g/mol. The zero-order chi connectivity index (χ0) is 22.4. The smallest absolute Gasteiger partial charge is 0.279 e. The van der Waals surface area contributed by atoms with E-state index in [-0.39, 0.29) is 11.5 Å². The van der Waals surface area contributed by atoms with Crippen LogP contribution in [0.25, 0.3) is 5.69 Å². The molecule has 0 spiro atoms. The number of carbonyl (C=O) groups excluding carboxylic acids is 2. The molecule has 9 nitrogen and oxygen atoms in total. The highest BCUT2D eigenvalue weighted by atomic mass is 32.2. The van der Waals surface area contributed by atoms with Crippen LogP contribution in [0.5, 0.6) is 5.75 Å². The van der Waals surface area contributed by atoms with Crippen LogP contribution >= 0.6 is 11.8 Å². The molecule has 0 saturated heterocycles. The van der Waals surface area contributed by atoms with E-state index in [0.29, 0.717) is 5.16 Å². The molecule has 0 saturated carbocycles. The number of rotatable bonds is 7. The highest BCUT2D eigenvalue weighted by molar-refractivity contribution is 7.99. The van der Waals surface area contributed by atoms with E-state index in [1.54, 1.807) is 10.7 Å². The van der Waals surface area contributed by atoms with Crippen LogP contribution in [0.2, 0.25) is 0 Å². The van der Waals surface area contributed by atoms with Crippen LogP contribution in [0, 0.1) is 19.7 Å². The van der Waals surface area contributed by atoms with Gasteiger partial charge in [-0.1, -0.05) is 36.0 Å². The van der Waals surface area contributed by atoms with Gasteiger partial charge in [0.05, 0.1) is 11.4 Å². The van der Waals surface area contributed by atoms with E-state index >= 15 is 0 Å². The molecule has 1 atom stereocenters. The summed E-state index contributed by atoms with van der Waals surface area (Å²) in [6.45, 7) is 5.35. The van der Waals surface area contributed by atoms with Gasteiger partial charge in [0, 0.05) is 0 Å². The van der Waals surface area contributed by atoms with Crippen LogP contribution in [0.15, 0.2) is 47.6 Å². The number of amides is 2. The highest BCUT2D eigenvalue weighted by Gasteiger charge is 2.18. The molecule has 2 N–H and O–H groups in total. The third kappa shape index (κ3) is 5.79. The number of thioether (sulfide) groups is 1. The minimum Gasteiger partial charge on any atom is -0.478 e. The third-order valence-corrected chi connectivity index (χ3v) is 5.12.